The Kier molecular flexibility index (Phi) is 11.2. The summed E-state index contributed by atoms with van der Waals surface area (Å²) in [5.74, 6) is 0. The second kappa shape index (κ2) is 14.0. The number of allylic oxidation sites excluding steroid dienone is 2. The number of fused-ring (bicyclic) bond motifs is 2. The molecule has 2 aliphatic carbocycles. The van der Waals surface area contributed by atoms with Crippen LogP contribution >= 0.6 is 24.8 Å². The van der Waals surface area contributed by atoms with E-state index in [4.69, 9.17) is 4.21 Å². The van der Waals surface area contributed by atoms with E-state index in [1.54, 1.807) is 11.1 Å². The molecular formula is C43H50Cl2Zr. The van der Waals surface area contributed by atoms with Crippen LogP contribution in [0.2, 0.25) is 0 Å². The van der Waals surface area contributed by atoms with Crippen molar-refractivity contribution in [1.82, 2.24) is 0 Å². The Morgan fingerprint density at radius 2 is 0.891 bits per heavy atom. The van der Waals surface area contributed by atoms with E-state index >= 15 is 0 Å². The van der Waals surface area contributed by atoms with E-state index in [0.717, 1.165) is 12.8 Å². The third-order valence-corrected chi connectivity index (χ3v) is 17.0. The van der Waals surface area contributed by atoms with Gasteiger partial charge in [-0.15, -0.1) is 24.8 Å². The van der Waals surface area contributed by atoms with Gasteiger partial charge in [-0.05, 0) is 0 Å². The first-order valence-electron chi connectivity index (χ1n) is 16.5. The van der Waals surface area contributed by atoms with Crippen molar-refractivity contribution in [3.05, 3.63) is 129 Å². The molecule has 0 spiro atoms. The molecule has 0 amide bonds. The van der Waals surface area contributed by atoms with Gasteiger partial charge in [0.05, 0.1) is 0 Å². The van der Waals surface area contributed by atoms with Gasteiger partial charge < -0.3 is 0 Å². The van der Waals surface area contributed by atoms with Crippen molar-refractivity contribution in [3.63, 3.8) is 0 Å². The van der Waals surface area contributed by atoms with Gasteiger partial charge in [0.2, 0.25) is 0 Å². The maximum absolute atomic E-state index is 5.19. The van der Waals surface area contributed by atoms with Crippen LogP contribution in [-0.2, 0) is 32.1 Å². The molecule has 4 aromatic rings. The molecule has 4 aromatic carbocycles. The molecule has 0 fully saturated rings. The Balaban J connectivity index is 0.00000240. The van der Waals surface area contributed by atoms with Crippen LogP contribution in [0.4, 0.5) is 0 Å². The summed E-state index contributed by atoms with van der Waals surface area (Å²) in [4.78, 5) is 0. The Bertz CT molecular complexity index is 1660. The average molecular weight is 729 g/mol. The fraction of sp³-hybridized carbons (Fsp3) is 0.326. The van der Waals surface area contributed by atoms with Crippen molar-refractivity contribution >= 4 is 41.2 Å². The minimum atomic E-state index is -2.37. The Labute approximate surface area is 298 Å². The molecule has 2 unspecified atom stereocenters. The summed E-state index contributed by atoms with van der Waals surface area (Å²) < 4.78 is 6.21. The van der Waals surface area contributed by atoms with Gasteiger partial charge in [-0.1, -0.05) is 0 Å². The van der Waals surface area contributed by atoms with Crippen LogP contribution in [0.1, 0.15) is 109 Å². The molecule has 0 bridgehead atoms. The van der Waals surface area contributed by atoms with Crippen molar-refractivity contribution in [1.29, 1.82) is 0 Å². The number of hydrogen-bond donors (Lipinski definition) is 0. The molecule has 0 aromatic heterocycles. The normalized spacial score (nSPS) is 16.9. The molecule has 0 saturated carbocycles. The fourth-order valence-corrected chi connectivity index (χ4v) is 15.2. The third-order valence-electron chi connectivity index (χ3n) is 9.98. The van der Waals surface area contributed by atoms with Gasteiger partial charge in [-0.25, -0.2) is 0 Å². The molecule has 6 rings (SSSR count). The van der Waals surface area contributed by atoms with Crippen LogP contribution in [0.15, 0.2) is 96.1 Å². The summed E-state index contributed by atoms with van der Waals surface area (Å²) in [7, 11) is 0. The first-order chi connectivity index (χ1) is 20.9. The molecule has 0 radical (unpaired) electrons. The van der Waals surface area contributed by atoms with E-state index in [1.807, 2.05) is 0 Å². The maximum atomic E-state index is 5.19. The molecule has 2 aliphatic rings. The van der Waals surface area contributed by atoms with E-state index < -0.39 is 21.3 Å². The predicted molar refractivity (Wildman–Crippen MR) is 205 cm³/mol. The fourth-order valence-electron chi connectivity index (χ4n) is 7.39. The zero-order valence-corrected chi connectivity index (χ0v) is 32.9. The second-order valence-corrected chi connectivity index (χ2v) is 20.5. The number of hydrogen-bond acceptors (Lipinski definition) is 0. The monoisotopic (exact) mass is 726 g/mol. The number of rotatable bonds is 6. The Hall–Kier alpha value is -2.31. The zero-order valence-electron chi connectivity index (χ0n) is 28.8. The van der Waals surface area contributed by atoms with E-state index in [9.17, 15) is 0 Å². The van der Waals surface area contributed by atoms with Gasteiger partial charge in [0, 0.05) is 0 Å². The van der Waals surface area contributed by atoms with Crippen LogP contribution in [0.5, 0.6) is 0 Å². The van der Waals surface area contributed by atoms with Crippen LogP contribution in [-0.4, -0.2) is 4.21 Å². The Morgan fingerprint density at radius 3 is 1.20 bits per heavy atom. The van der Waals surface area contributed by atoms with E-state index in [2.05, 4.69) is 152 Å². The van der Waals surface area contributed by atoms with Crippen LogP contribution in [0, 0.1) is 0 Å². The molecule has 0 heterocycles. The summed E-state index contributed by atoms with van der Waals surface area (Å²) in [6.45, 7) is 18.4. The van der Waals surface area contributed by atoms with Gasteiger partial charge in [0.25, 0.3) is 0 Å². The number of benzene rings is 4. The summed E-state index contributed by atoms with van der Waals surface area (Å²) in [5, 5.41) is 0. The molecule has 2 atom stereocenters. The average Bonchev–Trinajstić information content (AvgIpc) is 3.58. The van der Waals surface area contributed by atoms with Crippen molar-refractivity contribution < 1.29 is 21.3 Å². The molecule has 0 aliphatic heterocycles. The van der Waals surface area contributed by atoms with E-state index in [-0.39, 0.29) is 35.6 Å². The summed E-state index contributed by atoms with van der Waals surface area (Å²) in [5.41, 5.74) is 17.6. The predicted octanol–water partition coefficient (Wildman–Crippen LogP) is 12.9. The van der Waals surface area contributed by atoms with Crippen LogP contribution in [0.3, 0.4) is 0 Å². The molecule has 0 saturated heterocycles. The molecule has 3 heteroatoms. The Morgan fingerprint density at radius 1 is 0.543 bits per heavy atom. The summed E-state index contributed by atoms with van der Waals surface area (Å²) >= 11 is -2.37. The topological polar surface area (TPSA) is 0 Å². The third kappa shape index (κ3) is 6.68. The molecule has 0 N–H and O–H groups in total. The van der Waals surface area contributed by atoms with E-state index in [1.165, 1.54) is 55.6 Å². The molecule has 46 heavy (non-hydrogen) atoms. The molecule has 0 nitrogen and oxygen atoms in total. The summed E-state index contributed by atoms with van der Waals surface area (Å²) in [6.07, 6.45) is 7.26. The quantitative estimate of drug-likeness (QED) is 0.185. The first-order valence-corrected chi connectivity index (χ1v) is 21.1. The molecular weight excluding hydrogens is 679 g/mol. The van der Waals surface area contributed by atoms with Gasteiger partial charge in [0.15, 0.2) is 0 Å². The number of halogens is 2. The standard InChI is InChI=1S/2C21H23.CH2.2ClH.Zr/c2*1-5-15-13-17-7-6-8-19(20(17)14-15)16-9-11-18(12-10-16)21(2,3)4;;;;/h2*6-14H,5H2,1-4H3;1H2;2*1H;. The van der Waals surface area contributed by atoms with E-state index in [0.29, 0.717) is 7.25 Å². The zero-order chi connectivity index (χ0) is 31.4. The van der Waals surface area contributed by atoms with Crippen molar-refractivity contribution in [2.75, 3.05) is 0 Å². The van der Waals surface area contributed by atoms with Crippen LogP contribution in [0.25, 0.3) is 34.4 Å². The minimum absolute atomic E-state index is 0. The molecule has 240 valence electrons. The van der Waals surface area contributed by atoms with Gasteiger partial charge in [-0.3, -0.25) is 0 Å². The van der Waals surface area contributed by atoms with Gasteiger partial charge >= 0.3 is 276 Å². The SMILES string of the molecule is Cl.Cl.[CH2]=[Zr]([CH]1C(CC)=Cc2c(-c3ccc(C(C)(C)C)cc3)cccc21)[CH]1C(CC)=Cc2c(-c3ccc(C(C)(C)C)cc3)cccc21. The van der Waals surface area contributed by atoms with Crippen molar-refractivity contribution in [2.45, 2.75) is 86.3 Å². The second-order valence-electron chi connectivity index (χ2n) is 14.9. The van der Waals surface area contributed by atoms with Gasteiger partial charge in [-0.2, -0.15) is 0 Å². The first kappa shape index (κ1) is 36.5. The van der Waals surface area contributed by atoms with Crippen LogP contribution < -0.4 is 0 Å². The van der Waals surface area contributed by atoms with Crippen molar-refractivity contribution in [3.8, 4) is 22.3 Å². The van der Waals surface area contributed by atoms with Crippen molar-refractivity contribution in [2.24, 2.45) is 0 Å². The van der Waals surface area contributed by atoms with Gasteiger partial charge in [0.1, 0.15) is 0 Å². The summed E-state index contributed by atoms with van der Waals surface area (Å²) in [6, 6.07) is 32.6.